The first-order valence-electron chi connectivity index (χ1n) is 10.4. The molecule has 0 saturated carbocycles. The summed E-state index contributed by atoms with van der Waals surface area (Å²) in [5, 5.41) is 12.6. The first-order valence-corrected chi connectivity index (χ1v) is 10.4. The lowest BCUT2D eigenvalue weighted by Crippen LogP contribution is -2.34. The summed E-state index contributed by atoms with van der Waals surface area (Å²) in [6.07, 6.45) is 6.63. The molecule has 0 radical (unpaired) electrons. The smallest absolute Gasteiger partial charge is 0.254 e. The fourth-order valence-corrected chi connectivity index (χ4v) is 4.49. The molecular weight excluding hydrogens is 374 g/mol. The summed E-state index contributed by atoms with van der Waals surface area (Å²) >= 11 is 0. The lowest BCUT2D eigenvalue weighted by atomic mass is 10.1. The van der Waals surface area contributed by atoms with Gasteiger partial charge in [0.05, 0.1) is 17.9 Å². The summed E-state index contributed by atoms with van der Waals surface area (Å²) in [5.41, 5.74) is 5.25. The third-order valence-electron chi connectivity index (χ3n) is 6.13. The van der Waals surface area contributed by atoms with Crippen molar-refractivity contribution in [2.45, 2.75) is 32.9 Å². The maximum Gasteiger partial charge on any atom is 0.254 e. The van der Waals surface area contributed by atoms with Crippen LogP contribution in [0.15, 0.2) is 61.1 Å². The number of amides is 1. The Bertz CT molecular complexity index is 1180. The summed E-state index contributed by atoms with van der Waals surface area (Å²) in [6.45, 7) is 5.76. The van der Waals surface area contributed by atoms with E-state index in [0.29, 0.717) is 5.92 Å². The fourth-order valence-electron chi connectivity index (χ4n) is 4.49. The minimum absolute atomic E-state index is 0.125. The molecule has 1 saturated heterocycles. The highest BCUT2D eigenvalue weighted by atomic mass is 16.2. The maximum absolute atomic E-state index is 13.0. The molecule has 152 valence electrons. The zero-order chi connectivity index (χ0) is 20.7. The van der Waals surface area contributed by atoms with Gasteiger partial charge in [-0.3, -0.25) is 14.6 Å². The monoisotopic (exact) mass is 399 g/mol. The van der Waals surface area contributed by atoms with E-state index in [1.807, 2.05) is 54.7 Å². The van der Waals surface area contributed by atoms with Crippen molar-refractivity contribution in [1.82, 2.24) is 24.9 Å². The second-order valence-corrected chi connectivity index (χ2v) is 8.36. The summed E-state index contributed by atoms with van der Waals surface area (Å²) in [6, 6.07) is 14.5. The zero-order valence-electron chi connectivity index (χ0n) is 17.2. The quantitative estimate of drug-likeness (QED) is 0.557. The minimum Gasteiger partial charge on any atom is -0.336 e. The SMILES string of the molecule is Cc1ccc(C(=O)N2CC(Cn3ncc4cc(-c5cn[nH]c5)ccc43)C[C@H]2C)cc1. The molecule has 6 heteroatoms. The van der Waals surface area contributed by atoms with Crippen LogP contribution in [0, 0.1) is 12.8 Å². The van der Waals surface area contributed by atoms with Crippen LogP contribution in [0.25, 0.3) is 22.0 Å². The maximum atomic E-state index is 13.0. The van der Waals surface area contributed by atoms with Gasteiger partial charge in [0.15, 0.2) is 0 Å². The number of carbonyl (C=O) groups is 1. The lowest BCUT2D eigenvalue weighted by molar-refractivity contribution is 0.0742. The standard InChI is InChI=1S/C24H25N5O/c1-16-3-5-19(6-4-16)24(30)28-14-18(9-17(28)2)15-29-23-8-7-20(10-21(23)13-27-29)22-11-25-26-12-22/h3-8,10-13,17-18H,9,14-15H2,1-2H3,(H,25,26)/t17-,18?/m1/s1. The van der Waals surface area contributed by atoms with Gasteiger partial charge in [0.25, 0.3) is 5.91 Å². The molecule has 6 nitrogen and oxygen atoms in total. The third-order valence-corrected chi connectivity index (χ3v) is 6.13. The van der Waals surface area contributed by atoms with Crippen LogP contribution in [0.1, 0.15) is 29.3 Å². The second-order valence-electron chi connectivity index (χ2n) is 8.36. The van der Waals surface area contributed by atoms with E-state index in [4.69, 9.17) is 0 Å². The van der Waals surface area contributed by atoms with E-state index in [0.717, 1.165) is 47.1 Å². The highest BCUT2D eigenvalue weighted by Crippen LogP contribution is 2.28. The van der Waals surface area contributed by atoms with Crippen molar-refractivity contribution in [2.75, 3.05) is 6.54 Å². The molecule has 1 N–H and O–H groups in total. The van der Waals surface area contributed by atoms with Gasteiger partial charge in [0, 0.05) is 41.8 Å². The van der Waals surface area contributed by atoms with Gasteiger partial charge in [-0.2, -0.15) is 10.2 Å². The molecule has 1 amide bonds. The Morgan fingerprint density at radius 1 is 1.13 bits per heavy atom. The predicted octanol–water partition coefficient (Wildman–Crippen LogP) is 4.29. The predicted molar refractivity (Wildman–Crippen MR) is 117 cm³/mol. The van der Waals surface area contributed by atoms with Crippen LogP contribution < -0.4 is 0 Å². The highest BCUT2D eigenvalue weighted by Gasteiger charge is 2.33. The van der Waals surface area contributed by atoms with E-state index in [1.165, 1.54) is 5.56 Å². The van der Waals surface area contributed by atoms with Gasteiger partial charge >= 0.3 is 0 Å². The van der Waals surface area contributed by atoms with E-state index in [2.05, 4.69) is 45.1 Å². The number of nitrogens with zero attached hydrogens (tertiary/aromatic N) is 4. The number of aryl methyl sites for hydroxylation is 1. The first-order chi connectivity index (χ1) is 14.6. The number of likely N-dealkylation sites (tertiary alicyclic amines) is 1. The minimum atomic E-state index is 0.125. The van der Waals surface area contributed by atoms with Crippen molar-refractivity contribution in [3.8, 4) is 11.1 Å². The summed E-state index contributed by atoms with van der Waals surface area (Å²) in [4.78, 5) is 15.0. The topological polar surface area (TPSA) is 66.8 Å². The van der Waals surface area contributed by atoms with Crippen LogP contribution >= 0.6 is 0 Å². The number of H-pyrrole nitrogens is 1. The van der Waals surface area contributed by atoms with Crippen molar-refractivity contribution >= 4 is 16.8 Å². The second kappa shape index (κ2) is 7.44. The zero-order valence-corrected chi connectivity index (χ0v) is 17.2. The molecule has 5 rings (SSSR count). The summed E-state index contributed by atoms with van der Waals surface area (Å²) in [5.74, 6) is 0.520. The molecule has 2 aromatic carbocycles. The van der Waals surface area contributed by atoms with Crippen molar-refractivity contribution in [3.63, 3.8) is 0 Å². The molecule has 1 unspecified atom stereocenters. The van der Waals surface area contributed by atoms with E-state index in [9.17, 15) is 4.79 Å². The van der Waals surface area contributed by atoms with Crippen molar-refractivity contribution in [3.05, 3.63) is 72.2 Å². The molecule has 1 fully saturated rings. The Labute approximate surface area is 175 Å². The Balaban J connectivity index is 1.32. The number of rotatable bonds is 4. The van der Waals surface area contributed by atoms with Crippen LogP contribution in [0.3, 0.4) is 0 Å². The highest BCUT2D eigenvalue weighted by molar-refractivity contribution is 5.94. The van der Waals surface area contributed by atoms with Crippen molar-refractivity contribution < 1.29 is 4.79 Å². The Kier molecular flexibility index (Phi) is 4.62. The van der Waals surface area contributed by atoms with Crippen molar-refractivity contribution in [2.24, 2.45) is 5.92 Å². The number of benzene rings is 2. The Morgan fingerprint density at radius 2 is 1.97 bits per heavy atom. The van der Waals surface area contributed by atoms with E-state index in [1.54, 1.807) is 0 Å². The number of hydrogen-bond donors (Lipinski definition) is 1. The van der Waals surface area contributed by atoms with Crippen LogP contribution in [0.4, 0.5) is 0 Å². The molecule has 0 spiro atoms. The molecule has 4 aromatic rings. The number of aromatic nitrogens is 4. The molecule has 0 aliphatic carbocycles. The average Bonchev–Trinajstić information content (AvgIpc) is 3.49. The van der Waals surface area contributed by atoms with Gasteiger partial charge in [-0.15, -0.1) is 0 Å². The van der Waals surface area contributed by atoms with E-state index >= 15 is 0 Å². The normalized spacial score (nSPS) is 18.9. The molecule has 2 atom stereocenters. The summed E-state index contributed by atoms with van der Waals surface area (Å²) < 4.78 is 2.08. The number of fused-ring (bicyclic) bond motifs is 1. The van der Waals surface area contributed by atoms with E-state index in [-0.39, 0.29) is 11.9 Å². The van der Waals surface area contributed by atoms with Crippen molar-refractivity contribution in [1.29, 1.82) is 0 Å². The largest absolute Gasteiger partial charge is 0.336 e. The number of nitrogens with one attached hydrogen (secondary N) is 1. The number of aromatic amines is 1. The van der Waals surface area contributed by atoms with Crippen LogP contribution in [0.5, 0.6) is 0 Å². The molecular formula is C24H25N5O. The van der Waals surface area contributed by atoms with Gasteiger partial charge in [0.1, 0.15) is 0 Å². The molecule has 3 heterocycles. The average molecular weight is 399 g/mol. The molecule has 30 heavy (non-hydrogen) atoms. The van der Waals surface area contributed by atoms with Gasteiger partial charge in [-0.05, 0) is 56.0 Å². The van der Waals surface area contributed by atoms with Gasteiger partial charge in [0.2, 0.25) is 0 Å². The molecule has 1 aliphatic rings. The fraction of sp³-hybridized carbons (Fsp3) is 0.292. The Hall–Kier alpha value is -3.41. The van der Waals surface area contributed by atoms with Crippen LogP contribution in [-0.4, -0.2) is 43.4 Å². The van der Waals surface area contributed by atoms with Gasteiger partial charge in [-0.25, -0.2) is 0 Å². The molecule has 2 aromatic heterocycles. The third kappa shape index (κ3) is 3.38. The van der Waals surface area contributed by atoms with Gasteiger partial charge in [-0.1, -0.05) is 23.8 Å². The lowest BCUT2D eigenvalue weighted by Gasteiger charge is -2.21. The molecule has 1 aliphatic heterocycles. The molecule has 0 bridgehead atoms. The number of carbonyl (C=O) groups excluding carboxylic acids is 1. The first kappa shape index (κ1) is 18.6. The number of hydrogen-bond acceptors (Lipinski definition) is 3. The van der Waals surface area contributed by atoms with E-state index < -0.39 is 0 Å². The van der Waals surface area contributed by atoms with Crippen LogP contribution in [-0.2, 0) is 6.54 Å². The van der Waals surface area contributed by atoms with Gasteiger partial charge < -0.3 is 4.90 Å². The Morgan fingerprint density at radius 3 is 2.73 bits per heavy atom. The summed E-state index contributed by atoms with van der Waals surface area (Å²) in [7, 11) is 0. The van der Waals surface area contributed by atoms with Crippen LogP contribution in [0.2, 0.25) is 0 Å².